The molecule has 0 N–H and O–H groups in total. The number of nitrogens with zero attached hydrogens (tertiary/aromatic N) is 3. The molecule has 1 saturated heterocycles. The fourth-order valence-electron chi connectivity index (χ4n) is 3.30. The molecular formula is C19H16BrN3O3. The molecule has 0 aliphatic carbocycles. The molecule has 0 saturated carbocycles. The van der Waals surface area contributed by atoms with Gasteiger partial charge in [-0.05, 0) is 35.9 Å². The van der Waals surface area contributed by atoms with Gasteiger partial charge >= 0.3 is 0 Å². The fourth-order valence-corrected chi connectivity index (χ4v) is 3.57. The lowest BCUT2D eigenvalue weighted by Gasteiger charge is -2.35. The number of aromatic nitrogens is 1. The standard InChI is InChI=1S/C19H16BrN3O3/c20-14-5-3-13(4-6-14)18-12-22(10-11-26-18)17-8-7-16(23(24)25)15-2-1-9-21-19(15)17/h1-9,18H,10-12H2. The third-order valence-corrected chi connectivity index (χ3v) is 5.10. The Morgan fingerprint density at radius 2 is 2.00 bits per heavy atom. The third kappa shape index (κ3) is 3.15. The molecule has 0 radical (unpaired) electrons. The molecule has 0 bridgehead atoms. The number of morpholine rings is 1. The lowest BCUT2D eigenvalue weighted by molar-refractivity contribution is -0.383. The number of anilines is 1. The lowest BCUT2D eigenvalue weighted by Crippen LogP contribution is -2.38. The quantitative estimate of drug-likeness (QED) is 0.467. The normalized spacial score (nSPS) is 17.4. The minimum Gasteiger partial charge on any atom is -0.370 e. The number of pyridine rings is 1. The zero-order chi connectivity index (χ0) is 18.1. The van der Waals surface area contributed by atoms with E-state index in [0.29, 0.717) is 24.1 Å². The smallest absolute Gasteiger partial charge is 0.278 e. The molecule has 26 heavy (non-hydrogen) atoms. The Balaban J connectivity index is 1.70. The number of nitro groups is 1. The Bertz CT molecular complexity index is 962. The summed E-state index contributed by atoms with van der Waals surface area (Å²) in [6.07, 6.45) is 1.62. The zero-order valence-electron chi connectivity index (χ0n) is 13.8. The highest BCUT2D eigenvalue weighted by Crippen LogP contribution is 2.34. The average Bonchev–Trinajstić information content (AvgIpc) is 2.67. The van der Waals surface area contributed by atoms with Crippen LogP contribution in [0.4, 0.5) is 11.4 Å². The zero-order valence-corrected chi connectivity index (χ0v) is 15.4. The van der Waals surface area contributed by atoms with Crippen LogP contribution in [0.25, 0.3) is 10.9 Å². The van der Waals surface area contributed by atoms with Crippen LogP contribution < -0.4 is 4.90 Å². The number of non-ortho nitro benzene ring substituents is 1. The number of hydrogen-bond acceptors (Lipinski definition) is 5. The first-order valence-electron chi connectivity index (χ1n) is 8.27. The number of fused-ring (bicyclic) bond motifs is 1. The van der Waals surface area contributed by atoms with Gasteiger partial charge in [0.25, 0.3) is 5.69 Å². The van der Waals surface area contributed by atoms with Crippen molar-refractivity contribution < 1.29 is 9.66 Å². The lowest BCUT2D eigenvalue weighted by atomic mass is 10.1. The average molecular weight is 414 g/mol. The van der Waals surface area contributed by atoms with Crippen molar-refractivity contribution in [2.75, 3.05) is 24.6 Å². The summed E-state index contributed by atoms with van der Waals surface area (Å²) in [5.74, 6) is 0. The summed E-state index contributed by atoms with van der Waals surface area (Å²) in [6.45, 7) is 1.98. The molecule has 1 atom stereocenters. The Kier molecular flexibility index (Phi) is 4.57. The van der Waals surface area contributed by atoms with Gasteiger partial charge in [0.2, 0.25) is 0 Å². The molecule has 4 rings (SSSR count). The maximum absolute atomic E-state index is 11.3. The third-order valence-electron chi connectivity index (χ3n) is 4.57. The summed E-state index contributed by atoms with van der Waals surface area (Å²) in [6, 6.07) is 14.9. The summed E-state index contributed by atoms with van der Waals surface area (Å²) in [7, 11) is 0. The van der Waals surface area contributed by atoms with Crippen LogP contribution in [0.15, 0.2) is 59.2 Å². The maximum atomic E-state index is 11.3. The van der Waals surface area contributed by atoms with E-state index >= 15 is 0 Å². The van der Waals surface area contributed by atoms with E-state index in [4.69, 9.17) is 4.74 Å². The summed E-state index contributed by atoms with van der Waals surface area (Å²) in [5.41, 5.74) is 2.74. The van der Waals surface area contributed by atoms with Gasteiger partial charge in [0.05, 0.1) is 22.6 Å². The van der Waals surface area contributed by atoms with Gasteiger partial charge < -0.3 is 9.64 Å². The molecule has 2 heterocycles. The van der Waals surface area contributed by atoms with Gasteiger partial charge in [0.1, 0.15) is 11.6 Å². The SMILES string of the molecule is O=[N+]([O-])c1ccc(N2CCOC(c3ccc(Br)cc3)C2)c2ncccc12. The van der Waals surface area contributed by atoms with Crippen LogP contribution in [-0.4, -0.2) is 29.6 Å². The van der Waals surface area contributed by atoms with Crippen molar-refractivity contribution in [1.82, 2.24) is 4.98 Å². The monoisotopic (exact) mass is 413 g/mol. The molecule has 1 fully saturated rings. The molecule has 1 unspecified atom stereocenters. The van der Waals surface area contributed by atoms with E-state index < -0.39 is 0 Å². The second kappa shape index (κ2) is 7.01. The summed E-state index contributed by atoms with van der Waals surface area (Å²) in [5, 5.41) is 11.9. The van der Waals surface area contributed by atoms with Crippen molar-refractivity contribution in [1.29, 1.82) is 0 Å². The van der Waals surface area contributed by atoms with Gasteiger partial charge in [-0.2, -0.15) is 0 Å². The number of rotatable bonds is 3. The Labute approximate surface area is 158 Å². The molecule has 6 nitrogen and oxygen atoms in total. The van der Waals surface area contributed by atoms with E-state index in [1.165, 1.54) is 0 Å². The first-order chi connectivity index (χ1) is 12.6. The van der Waals surface area contributed by atoms with E-state index in [9.17, 15) is 10.1 Å². The molecule has 0 spiro atoms. The summed E-state index contributed by atoms with van der Waals surface area (Å²) < 4.78 is 6.97. The van der Waals surface area contributed by atoms with Crippen LogP contribution in [0.1, 0.15) is 11.7 Å². The number of halogens is 1. The molecule has 0 amide bonds. The van der Waals surface area contributed by atoms with Crippen molar-refractivity contribution in [3.8, 4) is 0 Å². The van der Waals surface area contributed by atoms with Gasteiger partial charge in [-0.15, -0.1) is 0 Å². The maximum Gasteiger partial charge on any atom is 0.278 e. The molecule has 7 heteroatoms. The largest absolute Gasteiger partial charge is 0.370 e. The van der Waals surface area contributed by atoms with Gasteiger partial charge in [-0.3, -0.25) is 15.1 Å². The van der Waals surface area contributed by atoms with Crippen molar-refractivity contribution in [2.45, 2.75) is 6.10 Å². The van der Waals surface area contributed by atoms with E-state index in [0.717, 1.165) is 22.3 Å². The number of hydrogen-bond donors (Lipinski definition) is 0. The van der Waals surface area contributed by atoms with E-state index in [1.807, 2.05) is 24.3 Å². The second-order valence-electron chi connectivity index (χ2n) is 6.12. The minimum absolute atomic E-state index is 0.0502. The van der Waals surface area contributed by atoms with Crippen LogP contribution in [0.2, 0.25) is 0 Å². The molecule has 1 aliphatic heterocycles. The minimum atomic E-state index is -0.363. The van der Waals surface area contributed by atoms with Crippen molar-refractivity contribution >= 4 is 38.2 Å². The molecule has 1 aromatic heterocycles. The highest BCUT2D eigenvalue weighted by molar-refractivity contribution is 9.10. The molecular weight excluding hydrogens is 398 g/mol. The Morgan fingerprint density at radius 3 is 2.77 bits per heavy atom. The van der Waals surface area contributed by atoms with Gasteiger partial charge in [-0.25, -0.2) is 0 Å². The van der Waals surface area contributed by atoms with E-state index in [2.05, 4.69) is 25.8 Å². The second-order valence-corrected chi connectivity index (χ2v) is 7.03. The number of nitro benzene ring substituents is 1. The molecule has 3 aromatic rings. The first-order valence-corrected chi connectivity index (χ1v) is 9.07. The van der Waals surface area contributed by atoms with Gasteiger partial charge in [0.15, 0.2) is 0 Å². The van der Waals surface area contributed by atoms with Gasteiger partial charge in [0, 0.05) is 29.8 Å². The van der Waals surface area contributed by atoms with Crippen LogP contribution in [-0.2, 0) is 4.74 Å². The van der Waals surface area contributed by atoms with Crippen LogP contribution in [0.5, 0.6) is 0 Å². The Morgan fingerprint density at radius 1 is 1.19 bits per heavy atom. The van der Waals surface area contributed by atoms with Crippen molar-refractivity contribution in [2.24, 2.45) is 0 Å². The van der Waals surface area contributed by atoms with E-state index in [-0.39, 0.29) is 16.7 Å². The van der Waals surface area contributed by atoms with Crippen molar-refractivity contribution in [3.63, 3.8) is 0 Å². The topological polar surface area (TPSA) is 68.5 Å². The predicted molar refractivity (Wildman–Crippen MR) is 103 cm³/mol. The van der Waals surface area contributed by atoms with Crippen LogP contribution >= 0.6 is 15.9 Å². The highest BCUT2D eigenvalue weighted by Gasteiger charge is 2.25. The molecule has 132 valence electrons. The van der Waals surface area contributed by atoms with Crippen LogP contribution in [0.3, 0.4) is 0 Å². The molecule has 2 aromatic carbocycles. The highest BCUT2D eigenvalue weighted by atomic mass is 79.9. The molecule has 1 aliphatic rings. The van der Waals surface area contributed by atoms with E-state index in [1.54, 1.807) is 30.5 Å². The predicted octanol–water partition coefficient (Wildman–Crippen LogP) is 4.48. The van der Waals surface area contributed by atoms with Crippen LogP contribution in [0, 0.1) is 10.1 Å². The first kappa shape index (κ1) is 16.9. The van der Waals surface area contributed by atoms with Crippen molar-refractivity contribution in [3.05, 3.63) is 74.9 Å². The van der Waals surface area contributed by atoms with Gasteiger partial charge in [-0.1, -0.05) is 28.1 Å². The number of ether oxygens (including phenoxy) is 1. The Hall–Kier alpha value is -2.51. The summed E-state index contributed by atoms with van der Waals surface area (Å²) >= 11 is 3.45. The fraction of sp³-hybridized carbons (Fsp3) is 0.211. The number of benzene rings is 2. The summed E-state index contributed by atoms with van der Waals surface area (Å²) in [4.78, 5) is 17.5.